The minimum absolute atomic E-state index is 0.143. The lowest BCUT2D eigenvalue weighted by Crippen LogP contribution is -2.37. The summed E-state index contributed by atoms with van der Waals surface area (Å²) in [5.74, 6) is -2.14. The predicted octanol–water partition coefficient (Wildman–Crippen LogP) is 4.43. The Morgan fingerprint density at radius 2 is 1.83 bits per heavy atom. The Morgan fingerprint density at radius 3 is 2.55 bits per heavy atom. The van der Waals surface area contributed by atoms with Crippen LogP contribution in [0.15, 0.2) is 65.1 Å². The van der Waals surface area contributed by atoms with Gasteiger partial charge in [0.25, 0.3) is 5.91 Å². The Bertz CT molecular complexity index is 1030. The molecule has 0 aliphatic rings. The number of benzene rings is 2. The van der Waals surface area contributed by atoms with Crippen LogP contribution in [-0.4, -0.2) is 29.9 Å². The van der Waals surface area contributed by atoms with Crippen molar-refractivity contribution in [3.05, 3.63) is 83.6 Å². The summed E-state index contributed by atoms with van der Waals surface area (Å²) < 4.78 is 37.7. The largest absolute Gasteiger partial charge is 0.449 e. The Hall–Kier alpha value is -3.48. The monoisotopic (exact) mass is 399 g/mol. The minimum atomic E-state index is -1.08. The van der Waals surface area contributed by atoms with Crippen molar-refractivity contribution in [1.82, 2.24) is 4.90 Å². The zero-order valence-corrected chi connectivity index (χ0v) is 15.9. The number of amides is 1. The molecule has 5 nitrogen and oxygen atoms in total. The second kappa shape index (κ2) is 8.68. The van der Waals surface area contributed by atoms with Gasteiger partial charge in [0.2, 0.25) is 5.76 Å². The molecule has 3 aromatic rings. The zero-order valence-electron chi connectivity index (χ0n) is 15.9. The van der Waals surface area contributed by atoms with Gasteiger partial charge in [-0.25, -0.2) is 13.6 Å². The van der Waals surface area contributed by atoms with Crippen LogP contribution in [-0.2, 0) is 16.1 Å². The molecule has 1 atom stereocenters. The second-order valence-corrected chi connectivity index (χ2v) is 6.52. The van der Waals surface area contributed by atoms with Gasteiger partial charge in [-0.05, 0) is 48.9 Å². The van der Waals surface area contributed by atoms with Gasteiger partial charge in [0, 0.05) is 13.6 Å². The summed E-state index contributed by atoms with van der Waals surface area (Å²) in [4.78, 5) is 26.1. The van der Waals surface area contributed by atoms with E-state index in [1.165, 1.54) is 55.3 Å². The number of carbonyl (C=O) groups is 2. The van der Waals surface area contributed by atoms with Crippen LogP contribution in [0.5, 0.6) is 0 Å². The van der Waals surface area contributed by atoms with Crippen molar-refractivity contribution in [2.75, 3.05) is 7.05 Å². The number of nitrogens with zero attached hydrogens (tertiary/aromatic N) is 1. The summed E-state index contributed by atoms with van der Waals surface area (Å²) in [6.07, 6.45) is -1.08. The van der Waals surface area contributed by atoms with Crippen molar-refractivity contribution in [3.8, 4) is 11.3 Å². The number of rotatable bonds is 6. The van der Waals surface area contributed by atoms with E-state index in [9.17, 15) is 18.4 Å². The van der Waals surface area contributed by atoms with Gasteiger partial charge in [0.05, 0.1) is 5.56 Å². The highest BCUT2D eigenvalue weighted by molar-refractivity contribution is 5.90. The van der Waals surface area contributed by atoms with Crippen LogP contribution >= 0.6 is 0 Å². The quantitative estimate of drug-likeness (QED) is 0.576. The van der Waals surface area contributed by atoms with Crippen LogP contribution < -0.4 is 0 Å². The molecule has 0 spiro atoms. The fourth-order valence-electron chi connectivity index (χ4n) is 2.82. The topological polar surface area (TPSA) is 59.8 Å². The van der Waals surface area contributed by atoms with E-state index >= 15 is 0 Å². The highest BCUT2D eigenvalue weighted by Crippen LogP contribution is 2.25. The van der Waals surface area contributed by atoms with Gasteiger partial charge in [-0.2, -0.15) is 0 Å². The molecular formula is C22H19F2NO4. The lowest BCUT2D eigenvalue weighted by molar-refractivity contribution is -0.139. The fourth-order valence-corrected chi connectivity index (χ4v) is 2.82. The van der Waals surface area contributed by atoms with Crippen molar-refractivity contribution in [2.24, 2.45) is 0 Å². The van der Waals surface area contributed by atoms with Crippen LogP contribution in [0, 0.1) is 11.6 Å². The third-order valence-corrected chi connectivity index (χ3v) is 4.26. The molecule has 0 saturated heterocycles. The summed E-state index contributed by atoms with van der Waals surface area (Å²) >= 11 is 0. The van der Waals surface area contributed by atoms with E-state index < -0.39 is 29.6 Å². The van der Waals surface area contributed by atoms with E-state index in [1.807, 2.05) is 0 Å². The molecule has 0 bridgehead atoms. The standard InChI is InChI=1S/C22H19F2NO4/c1-14(21(26)25(2)13-15-6-5-7-16(23)12-15)28-22(27)20-11-10-19(29-20)17-8-3-4-9-18(17)24/h3-12,14H,13H2,1-2H3. The molecule has 0 fully saturated rings. The normalized spacial score (nSPS) is 11.7. The van der Waals surface area contributed by atoms with E-state index in [2.05, 4.69) is 0 Å². The molecule has 2 aromatic carbocycles. The van der Waals surface area contributed by atoms with Crippen LogP contribution in [0.4, 0.5) is 8.78 Å². The fraction of sp³-hybridized carbons (Fsp3) is 0.182. The molecule has 29 heavy (non-hydrogen) atoms. The van der Waals surface area contributed by atoms with Gasteiger partial charge >= 0.3 is 5.97 Å². The van der Waals surface area contributed by atoms with Gasteiger partial charge in [0.15, 0.2) is 6.10 Å². The van der Waals surface area contributed by atoms with Gasteiger partial charge in [-0.3, -0.25) is 4.79 Å². The molecule has 150 valence electrons. The highest BCUT2D eigenvalue weighted by Gasteiger charge is 2.24. The molecule has 0 saturated carbocycles. The van der Waals surface area contributed by atoms with Crippen LogP contribution in [0.1, 0.15) is 23.0 Å². The maximum atomic E-state index is 13.8. The zero-order chi connectivity index (χ0) is 21.0. The number of halogens is 2. The first-order valence-electron chi connectivity index (χ1n) is 8.90. The van der Waals surface area contributed by atoms with Crippen molar-refractivity contribution in [3.63, 3.8) is 0 Å². The van der Waals surface area contributed by atoms with Crippen LogP contribution in [0.2, 0.25) is 0 Å². The SMILES string of the molecule is CC(OC(=O)c1ccc(-c2ccccc2F)o1)C(=O)N(C)Cc1cccc(F)c1. The molecule has 1 aromatic heterocycles. The molecule has 0 radical (unpaired) electrons. The maximum absolute atomic E-state index is 13.8. The number of hydrogen-bond acceptors (Lipinski definition) is 4. The van der Waals surface area contributed by atoms with Crippen molar-refractivity contribution < 1.29 is 27.5 Å². The average Bonchev–Trinajstić information content (AvgIpc) is 3.17. The smallest absolute Gasteiger partial charge is 0.375 e. The van der Waals surface area contributed by atoms with Gasteiger partial charge in [-0.15, -0.1) is 0 Å². The third kappa shape index (κ3) is 4.87. The first kappa shape index (κ1) is 20.3. The Kier molecular flexibility index (Phi) is 6.07. The molecule has 0 N–H and O–H groups in total. The lowest BCUT2D eigenvalue weighted by atomic mass is 10.1. The summed E-state index contributed by atoms with van der Waals surface area (Å²) in [7, 11) is 1.53. The Balaban J connectivity index is 1.63. The first-order chi connectivity index (χ1) is 13.8. The molecule has 1 heterocycles. The van der Waals surface area contributed by atoms with Crippen molar-refractivity contribution in [1.29, 1.82) is 0 Å². The summed E-state index contributed by atoms with van der Waals surface area (Å²) in [5, 5.41) is 0. The van der Waals surface area contributed by atoms with Crippen LogP contribution in [0.3, 0.4) is 0 Å². The molecular weight excluding hydrogens is 380 g/mol. The van der Waals surface area contributed by atoms with Gasteiger partial charge in [-0.1, -0.05) is 24.3 Å². The van der Waals surface area contributed by atoms with Gasteiger partial charge < -0.3 is 14.1 Å². The number of furan rings is 1. The predicted molar refractivity (Wildman–Crippen MR) is 102 cm³/mol. The first-order valence-corrected chi connectivity index (χ1v) is 8.90. The number of ether oxygens (including phenoxy) is 1. The number of hydrogen-bond donors (Lipinski definition) is 0. The Labute approximate surface area is 166 Å². The number of likely N-dealkylation sites (N-methyl/N-ethyl adjacent to an activating group) is 1. The summed E-state index contributed by atoms with van der Waals surface area (Å²) in [6, 6.07) is 14.7. The second-order valence-electron chi connectivity index (χ2n) is 6.52. The molecule has 3 rings (SSSR count). The highest BCUT2D eigenvalue weighted by atomic mass is 19.1. The summed E-state index contributed by atoms with van der Waals surface area (Å²) in [6.45, 7) is 1.60. The molecule has 7 heteroatoms. The minimum Gasteiger partial charge on any atom is -0.449 e. The molecule has 0 aliphatic carbocycles. The van der Waals surface area contributed by atoms with Crippen molar-refractivity contribution in [2.45, 2.75) is 19.6 Å². The average molecular weight is 399 g/mol. The van der Waals surface area contributed by atoms with E-state index in [-0.39, 0.29) is 23.6 Å². The van der Waals surface area contributed by atoms with Gasteiger partial charge in [0.1, 0.15) is 17.4 Å². The van der Waals surface area contributed by atoms with E-state index in [0.717, 1.165) is 0 Å². The number of carbonyl (C=O) groups excluding carboxylic acids is 2. The van der Waals surface area contributed by atoms with Crippen molar-refractivity contribution >= 4 is 11.9 Å². The van der Waals surface area contributed by atoms with E-state index in [1.54, 1.807) is 24.3 Å². The van der Waals surface area contributed by atoms with Crippen LogP contribution in [0.25, 0.3) is 11.3 Å². The molecule has 1 amide bonds. The number of esters is 1. The van der Waals surface area contributed by atoms with E-state index in [0.29, 0.717) is 5.56 Å². The Morgan fingerprint density at radius 1 is 1.07 bits per heavy atom. The molecule has 1 unspecified atom stereocenters. The summed E-state index contributed by atoms with van der Waals surface area (Å²) in [5.41, 5.74) is 0.824. The molecule has 0 aliphatic heterocycles. The maximum Gasteiger partial charge on any atom is 0.375 e. The lowest BCUT2D eigenvalue weighted by Gasteiger charge is -2.21. The van der Waals surface area contributed by atoms with E-state index in [4.69, 9.17) is 9.15 Å². The third-order valence-electron chi connectivity index (χ3n) is 4.26.